The van der Waals surface area contributed by atoms with Crippen LogP contribution in [0, 0.1) is 5.82 Å². The van der Waals surface area contributed by atoms with E-state index in [-0.39, 0.29) is 30.6 Å². The predicted octanol–water partition coefficient (Wildman–Crippen LogP) is 2.55. The molecule has 6 nitrogen and oxygen atoms in total. The molecule has 1 N–H and O–H groups in total. The highest BCUT2D eigenvalue weighted by Crippen LogP contribution is 2.23. The van der Waals surface area contributed by atoms with Crippen molar-refractivity contribution in [2.24, 2.45) is 0 Å². The zero-order valence-electron chi connectivity index (χ0n) is 15.6. The molecule has 3 rings (SSSR count). The Balaban J connectivity index is 1.48. The van der Waals surface area contributed by atoms with Crippen molar-refractivity contribution in [3.05, 3.63) is 41.7 Å². The molecule has 0 radical (unpaired) electrons. The molecule has 0 saturated carbocycles. The number of hydrogen-bond acceptors (Lipinski definition) is 3. The molecule has 0 unspecified atom stereocenters. The Morgan fingerprint density at radius 2 is 1.93 bits per heavy atom. The van der Waals surface area contributed by atoms with Crippen molar-refractivity contribution in [3.63, 3.8) is 0 Å². The third-order valence-electron chi connectivity index (χ3n) is 4.99. The van der Waals surface area contributed by atoms with E-state index in [1.807, 2.05) is 6.08 Å². The smallest absolute Gasteiger partial charge is 0.325 e. The molecule has 1 aromatic carbocycles. The van der Waals surface area contributed by atoms with Crippen molar-refractivity contribution < 1.29 is 18.8 Å². The van der Waals surface area contributed by atoms with Gasteiger partial charge in [0.15, 0.2) is 0 Å². The molecule has 144 valence electrons. The Morgan fingerprint density at radius 1 is 1.22 bits per heavy atom. The number of amides is 4. The van der Waals surface area contributed by atoms with Crippen LogP contribution in [0.25, 0.3) is 5.57 Å². The summed E-state index contributed by atoms with van der Waals surface area (Å²) in [6.07, 6.45) is 3.45. The van der Waals surface area contributed by atoms with E-state index >= 15 is 0 Å². The third-order valence-corrected chi connectivity index (χ3v) is 4.99. The van der Waals surface area contributed by atoms with Crippen LogP contribution in [0.3, 0.4) is 0 Å². The van der Waals surface area contributed by atoms with Gasteiger partial charge in [-0.05, 0) is 50.0 Å². The van der Waals surface area contributed by atoms with Gasteiger partial charge in [-0.2, -0.15) is 0 Å². The molecular weight excluding hydrogens is 349 g/mol. The number of benzene rings is 1. The lowest BCUT2D eigenvalue weighted by atomic mass is 9.99. The van der Waals surface area contributed by atoms with E-state index in [0.717, 1.165) is 17.6 Å². The Morgan fingerprint density at radius 3 is 2.48 bits per heavy atom. The maximum Gasteiger partial charge on any atom is 0.325 e. The summed E-state index contributed by atoms with van der Waals surface area (Å²) in [5.41, 5.74) is 1.21. The minimum Gasteiger partial charge on any atom is -0.339 e. The number of carbonyl (C=O) groups is 3. The van der Waals surface area contributed by atoms with Gasteiger partial charge in [0.1, 0.15) is 11.4 Å². The summed E-state index contributed by atoms with van der Waals surface area (Å²) in [6.45, 7) is 4.69. The number of nitrogens with one attached hydrogen (secondary N) is 1. The zero-order valence-corrected chi connectivity index (χ0v) is 15.6. The molecule has 1 saturated heterocycles. The molecule has 2 aliphatic heterocycles. The van der Waals surface area contributed by atoms with Crippen molar-refractivity contribution >= 4 is 23.4 Å². The van der Waals surface area contributed by atoms with Gasteiger partial charge in [0.25, 0.3) is 5.91 Å². The lowest BCUT2D eigenvalue weighted by Gasteiger charge is -2.27. The summed E-state index contributed by atoms with van der Waals surface area (Å²) in [5, 5.41) is 2.63. The van der Waals surface area contributed by atoms with E-state index in [9.17, 15) is 18.8 Å². The topological polar surface area (TPSA) is 69.7 Å². The van der Waals surface area contributed by atoms with Crippen LogP contribution in [-0.2, 0) is 9.59 Å². The fourth-order valence-electron chi connectivity index (χ4n) is 3.39. The molecule has 0 bridgehead atoms. The van der Waals surface area contributed by atoms with Crippen LogP contribution < -0.4 is 5.32 Å². The fraction of sp³-hybridized carbons (Fsp3) is 0.450. The van der Waals surface area contributed by atoms with Gasteiger partial charge in [0, 0.05) is 26.1 Å². The van der Waals surface area contributed by atoms with E-state index < -0.39 is 11.6 Å². The minimum absolute atomic E-state index is 0.00993. The highest BCUT2D eigenvalue weighted by molar-refractivity contribution is 6.06. The van der Waals surface area contributed by atoms with Crippen LogP contribution in [0.4, 0.5) is 9.18 Å². The zero-order chi connectivity index (χ0) is 19.6. The van der Waals surface area contributed by atoms with Crippen molar-refractivity contribution in [3.8, 4) is 0 Å². The van der Waals surface area contributed by atoms with Gasteiger partial charge in [-0.1, -0.05) is 18.2 Å². The second-order valence-electron chi connectivity index (χ2n) is 7.44. The predicted molar refractivity (Wildman–Crippen MR) is 99.1 cm³/mol. The van der Waals surface area contributed by atoms with Gasteiger partial charge in [0.05, 0.1) is 0 Å². The van der Waals surface area contributed by atoms with Gasteiger partial charge >= 0.3 is 6.03 Å². The van der Waals surface area contributed by atoms with Crippen LogP contribution in [-0.4, -0.2) is 52.8 Å². The van der Waals surface area contributed by atoms with Crippen LogP contribution in [0.2, 0.25) is 0 Å². The molecule has 4 amide bonds. The van der Waals surface area contributed by atoms with Crippen molar-refractivity contribution in [2.75, 3.05) is 19.6 Å². The summed E-state index contributed by atoms with van der Waals surface area (Å²) in [6, 6.07) is 5.97. The van der Waals surface area contributed by atoms with Crippen LogP contribution in [0.5, 0.6) is 0 Å². The quantitative estimate of drug-likeness (QED) is 0.807. The second-order valence-corrected chi connectivity index (χ2v) is 7.44. The van der Waals surface area contributed by atoms with Gasteiger partial charge in [-0.15, -0.1) is 0 Å². The average Bonchev–Trinajstić information content (AvgIpc) is 2.84. The van der Waals surface area contributed by atoms with Crippen LogP contribution in [0.15, 0.2) is 30.3 Å². The number of halogens is 1. The SMILES string of the molecule is CC1(C)NC(=O)N(CCCC(=O)N2CC=C(c3ccc(F)cc3)CC2)C1=O. The Kier molecular flexibility index (Phi) is 5.30. The molecule has 27 heavy (non-hydrogen) atoms. The lowest BCUT2D eigenvalue weighted by molar-refractivity contribution is -0.132. The second kappa shape index (κ2) is 7.50. The monoisotopic (exact) mass is 373 g/mol. The van der Waals surface area contributed by atoms with E-state index in [4.69, 9.17) is 0 Å². The van der Waals surface area contributed by atoms with Crippen LogP contribution in [0.1, 0.15) is 38.7 Å². The summed E-state index contributed by atoms with van der Waals surface area (Å²) < 4.78 is 13.0. The standard InChI is InChI=1S/C20H24FN3O3/c1-20(2)18(26)24(19(27)22-20)11-3-4-17(25)23-12-9-15(10-13-23)14-5-7-16(21)8-6-14/h5-9H,3-4,10-13H2,1-2H3,(H,22,27). The Bertz CT molecular complexity index is 786. The number of carbonyl (C=O) groups excluding carboxylic acids is 3. The number of rotatable bonds is 5. The first-order valence-corrected chi connectivity index (χ1v) is 9.15. The highest BCUT2D eigenvalue weighted by atomic mass is 19.1. The summed E-state index contributed by atoms with van der Waals surface area (Å²) in [5.74, 6) is -0.513. The largest absolute Gasteiger partial charge is 0.339 e. The van der Waals surface area contributed by atoms with Gasteiger partial charge in [0.2, 0.25) is 5.91 Å². The average molecular weight is 373 g/mol. The highest BCUT2D eigenvalue weighted by Gasteiger charge is 2.43. The van der Waals surface area contributed by atoms with Crippen molar-refractivity contribution in [2.45, 2.75) is 38.6 Å². The summed E-state index contributed by atoms with van der Waals surface area (Å²) in [7, 11) is 0. The Hall–Kier alpha value is -2.70. The molecule has 0 spiro atoms. The first kappa shape index (κ1) is 19.1. The Labute approximate surface area is 158 Å². The first-order chi connectivity index (χ1) is 12.8. The van der Waals surface area contributed by atoms with E-state index in [0.29, 0.717) is 19.5 Å². The molecule has 0 aliphatic carbocycles. The summed E-state index contributed by atoms with van der Waals surface area (Å²) in [4.78, 5) is 39.3. The summed E-state index contributed by atoms with van der Waals surface area (Å²) >= 11 is 0. The maximum atomic E-state index is 13.0. The fourth-order valence-corrected chi connectivity index (χ4v) is 3.39. The van der Waals surface area contributed by atoms with Crippen molar-refractivity contribution in [1.29, 1.82) is 0 Å². The van der Waals surface area contributed by atoms with Gasteiger partial charge in [-0.3, -0.25) is 14.5 Å². The van der Waals surface area contributed by atoms with E-state index in [1.165, 1.54) is 17.0 Å². The molecule has 0 aromatic heterocycles. The number of imide groups is 1. The maximum absolute atomic E-state index is 13.0. The normalized spacial score (nSPS) is 19.1. The minimum atomic E-state index is -0.879. The lowest BCUT2D eigenvalue weighted by Crippen LogP contribution is -2.40. The van der Waals surface area contributed by atoms with E-state index in [2.05, 4.69) is 5.32 Å². The molecule has 7 heteroatoms. The molecule has 0 atom stereocenters. The first-order valence-electron chi connectivity index (χ1n) is 9.15. The van der Waals surface area contributed by atoms with Gasteiger partial charge < -0.3 is 10.2 Å². The molecule has 1 aromatic rings. The van der Waals surface area contributed by atoms with Crippen molar-refractivity contribution in [1.82, 2.24) is 15.1 Å². The number of hydrogen-bond donors (Lipinski definition) is 1. The van der Waals surface area contributed by atoms with Crippen LogP contribution >= 0.6 is 0 Å². The number of urea groups is 1. The number of nitrogens with zero attached hydrogens (tertiary/aromatic N) is 2. The molecule has 2 aliphatic rings. The molecule has 1 fully saturated rings. The third kappa shape index (κ3) is 4.18. The van der Waals surface area contributed by atoms with E-state index in [1.54, 1.807) is 30.9 Å². The van der Waals surface area contributed by atoms with Gasteiger partial charge in [-0.25, -0.2) is 9.18 Å². The molecular formula is C20H24FN3O3. The molecule has 2 heterocycles.